The van der Waals surface area contributed by atoms with Crippen LogP contribution >= 0.6 is 11.8 Å². The van der Waals surface area contributed by atoms with Crippen LogP contribution in [-0.2, 0) is 25.3 Å². The zero-order chi connectivity index (χ0) is 24.1. The highest BCUT2D eigenvalue weighted by Crippen LogP contribution is 2.36. The average Bonchev–Trinajstić information content (AvgIpc) is 3.30. The second kappa shape index (κ2) is 10.8. The number of benzene rings is 3. The Morgan fingerprint density at radius 1 is 1.03 bits per heavy atom. The maximum atomic E-state index is 13.7. The lowest BCUT2D eigenvalue weighted by Crippen LogP contribution is -2.36. The van der Waals surface area contributed by atoms with Crippen LogP contribution in [0.25, 0.3) is 10.8 Å². The van der Waals surface area contributed by atoms with E-state index in [1.807, 2.05) is 54.6 Å². The Bertz CT molecular complexity index is 1240. The van der Waals surface area contributed by atoms with Crippen LogP contribution in [-0.4, -0.2) is 50.7 Å². The highest BCUT2D eigenvalue weighted by atomic mass is 32.2. The third-order valence-corrected chi connectivity index (χ3v) is 9.43. The third-order valence-electron chi connectivity index (χ3n) is 6.21. The summed E-state index contributed by atoms with van der Waals surface area (Å²) in [6, 6.07) is 20.6. The quantitative estimate of drug-likeness (QED) is 0.391. The first-order chi connectivity index (χ1) is 16.4. The lowest BCUT2D eigenvalue weighted by atomic mass is 10.1. The Kier molecular flexibility index (Phi) is 7.80. The van der Waals surface area contributed by atoms with Gasteiger partial charge in [0.15, 0.2) is 0 Å². The molecular formula is C26H29NO5S2. The van der Waals surface area contributed by atoms with E-state index < -0.39 is 10.0 Å². The van der Waals surface area contributed by atoms with E-state index in [1.165, 1.54) is 7.11 Å². The summed E-state index contributed by atoms with van der Waals surface area (Å²) in [6.07, 6.45) is 1.34. The van der Waals surface area contributed by atoms with Crippen molar-refractivity contribution in [3.8, 4) is 5.75 Å². The highest BCUT2D eigenvalue weighted by molar-refractivity contribution is 7.99. The number of carbonyl (C=O) groups is 1. The van der Waals surface area contributed by atoms with Crippen molar-refractivity contribution in [3.05, 3.63) is 72.3 Å². The summed E-state index contributed by atoms with van der Waals surface area (Å²) in [6.45, 7) is 0.418. The average molecular weight is 500 g/mol. The van der Waals surface area contributed by atoms with E-state index in [1.54, 1.807) is 35.3 Å². The van der Waals surface area contributed by atoms with Gasteiger partial charge in [-0.3, -0.25) is 4.79 Å². The topological polar surface area (TPSA) is 72.9 Å². The molecule has 0 aliphatic carbocycles. The predicted molar refractivity (Wildman–Crippen MR) is 136 cm³/mol. The van der Waals surface area contributed by atoms with Crippen LogP contribution in [0, 0.1) is 0 Å². The number of thioether (sulfide) groups is 1. The number of hydrogen-bond acceptors (Lipinski definition) is 6. The molecule has 180 valence electrons. The van der Waals surface area contributed by atoms with E-state index in [9.17, 15) is 13.2 Å². The number of hydrogen-bond donors (Lipinski definition) is 0. The predicted octanol–water partition coefficient (Wildman–Crippen LogP) is 4.87. The number of fused-ring (bicyclic) bond motifs is 1. The minimum absolute atomic E-state index is 0.139. The summed E-state index contributed by atoms with van der Waals surface area (Å²) in [5.41, 5.74) is 1.16. The fourth-order valence-corrected chi connectivity index (χ4v) is 7.39. The van der Waals surface area contributed by atoms with Gasteiger partial charge in [0.2, 0.25) is 10.0 Å². The van der Waals surface area contributed by atoms with Gasteiger partial charge in [0.05, 0.1) is 19.1 Å². The molecule has 8 heteroatoms. The SMILES string of the molecule is COC(=O)CC[C@@H]1C[C@@H](SCc2ccc(OC)cc2)CN1S(=O)(=O)c1ccc2ccccc2c1. The Labute approximate surface area is 205 Å². The van der Waals surface area contributed by atoms with E-state index >= 15 is 0 Å². The Hall–Kier alpha value is -2.55. The first-order valence-electron chi connectivity index (χ1n) is 11.2. The van der Waals surface area contributed by atoms with Gasteiger partial charge < -0.3 is 9.47 Å². The summed E-state index contributed by atoms with van der Waals surface area (Å²) in [5, 5.41) is 2.03. The molecule has 34 heavy (non-hydrogen) atoms. The molecule has 1 heterocycles. The molecule has 2 atom stereocenters. The van der Waals surface area contributed by atoms with Gasteiger partial charge in [0, 0.05) is 30.0 Å². The van der Waals surface area contributed by atoms with Gasteiger partial charge >= 0.3 is 5.97 Å². The van der Waals surface area contributed by atoms with Gasteiger partial charge in [-0.1, -0.05) is 42.5 Å². The Balaban J connectivity index is 1.53. The van der Waals surface area contributed by atoms with E-state index in [-0.39, 0.29) is 28.6 Å². The molecule has 3 aromatic rings. The molecule has 0 saturated carbocycles. The van der Waals surface area contributed by atoms with Crippen LogP contribution in [0.2, 0.25) is 0 Å². The minimum atomic E-state index is -3.71. The number of esters is 1. The molecule has 0 N–H and O–H groups in total. The number of sulfonamides is 1. The maximum absolute atomic E-state index is 13.7. The van der Waals surface area contributed by atoms with Crippen LogP contribution < -0.4 is 4.74 Å². The second-order valence-corrected chi connectivity index (χ2v) is 11.5. The largest absolute Gasteiger partial charge is 0.497 e. The van der Waals surface area contributed by atoms with Crippen molar-refractivity contribution in [2.45, 2.75) is 41.2 Å². The number of methoxy groups -OCH3 is 2. The van der Waals surface area contributed by atoms with Crippen molar-refractivity contribution >= 4 is 38.5 Å². The highest BCUT2D eigenvalue weighted by Gasteiger charge is 2.40. The molecule has 0 amide bonds. The maximum Gasteiger partial charge on any atom is 0.305 e. The van der Waals surface area contributed by atoms with Gasteiger partial charge in [-0.2, -0.15) is 16.1 Å². The first kappa shape index (κ1) is 24.6. The summed E-state index contributed by atoms with van der Waals surface area (Å²) < 4.78 is 39.0. The molecule has 1 aliphatic rings. The van der Waals surface area contributed by atoms with Crippen molar-refractivity contribution < 1.29 is 22.7 Å². The molecule has 1 aliphatic heterocycles. The van der Waals surface area contributed by atoms with Gasteiger partial charge in [0.25, 0.3) is 0 Å². The summed E-state index contributed by atoms with van der Waals surface area (Å²) in [4.78, 5) is 12.1. The first-order valence-corrected chi connectivity index (χ1v) is 13.7. The number of nitrogens with zero attached hydrogens (tertiary/aromatic N) is 1. The standard InChI is InChI=1S/C26H29NO5S2/c1-31-23-11-7-19(8-12-23)18-33-24-16-22(10-14-26(28)32-2)27(17-24)34(29,30)25-13-9-20-5-3-4-6-21(20)15-25/h3-9,11-13,15,22,24H,10,14,16-18H2,1-2H3/t22-,24-/m1/s1. The molecular weight excluding hydrogens is 470 g/mol. The van der Waals surface area contributed by atoms with Crippen LogP contribution in [0.15, 0.2) is 71.6 Å². The zero-order valence-corrected chi connectivity index (χ0v) is 21.0. The van der Waals surface area contributed by atoms with Crippen LogP contribution in [0.1, 0.15) is 24.8 Å². The van der Waals surface area contributed by atoms with E-state index in [4.69, 9.17) is 9.47 Å². The zero-order valence-electron chi connectivity index (χ0n) is 19.3. The molecule has 0 spiro atoms. The van der Waals surface area contributed by atoms with Crippen LogP contribution in [0.3, 0.4) is 0 Å². The van der Waals surface area contributed by atoms with Crippen molar-refractivity contribution in [3.63, 3.8) is 0 Å². The summed E-state index contributed by atoms with van der Waals surface area (Å²) >= 11 is 1.75. The van der Waals surface area contributed by atoms with Crippen molar-refractivity contribution in [2.24, 2.45) is 0 Å². The molecule has 3 aromatic carbocycles. The van der Waals surface area contributed by atoms with Gasteiger partial charge in [0.1, 0.15) is 5.75 Å². The van der Waals surface area contributed by atoms with Gasteiger partial charge in [-0.05, 0) is 53.4 Å². The second-order valence-electron chi connectivity index (χ2n) is 8.37. The van der Waals surface area contributed by atoms with Crippen molar-refractivity contribution in [2.75, 3.05) is 20.8 Å². The number of rotatable bonds is 9. The number of carbonyl (C=O) groups excluding carboxylic acids is 1. The van der Waals surface area contributed by atoms with Crippen LogP contribution in [0.5, 0.6) is 5.75 Å². The molecule has 0 aromatic heterocycles. The summed E-state index contributed by atoms with van der Waals surface area (Å²) in [5.74, 6) is 1.27. The molecule has 6 nitrogen and oxygen atoms in total. The molecule has 4 rings (SSSR count). The van der Waals surface area contributed by atoms with Crippen molar-refractivity contribution in [1.29, 1.82) is 0 Å². The minimum Gasteiger partial charge on any atom is -0.497 e. The molecule has 0 unspecified atom stereocenters. The fourth-order valence-electron chi connectivity index (χ4n) is 4.31. The lowest BCUT2D eigenvalue weighted by molar-refractivity contribution is -0.140. The molecule has 0 bridgehead atoms. The van der Waals surface area contributed by atoms with E-state index in [2.05, 4.69) is 0 Å². The molecule has 1 saturated heterocycles. The van der Waals surface area contributed by atoms with Gasteiger partial charge in [-0.15, -0.1) is 0 Å². The summed E-state index contributed by atoms with van der Waals surface area (Å²) in [7, 11) is -0.712. The third kappa shape index (κ3) is 5.56. The monoisotopic (exact) mass is 499 g/mol. The normalized spacial score (nSPS) is 18.8. The van der Waals surface area contributed by atoms with Crippen molar-refractivity contribution in [1.82, 2.24) is 4.31 Å². The van der Waals surface area contributed by atoms with Crippen LogP contribution in [0.4, 0.5) is 0 Å². The smallest absolute Gasteiger partial charge is 0.305 e. The number of ether oxygens (including phenoxy) is 2. The molecule has 0 radical (unpaired) electrons. The van der Waals surface area contributed by atoms with Gasteiger partial charge in [-0.25, -0.2) is 8.42 Å². The lowest BCUT2D eigenvalue weighted by Gasteiger charge is -2.24. The fraction of sp³-hybridized carbons (Fsp3) is 0.346. The van der Waals surface area contributed by atoms with E-state index in [0.29, 0.717) is 19.4 Å². The Morgan fingerprint density at radius 3 is 2.47 bits per heavy atom. The van der Waals surface area contributed by atoms with E-state index in [0.717, 1.165) is 27.8 Å². The molecule has 1 fully saturated rings. The Morgan fingerprint density at radius 2 is 1.76 bits per heavy atom.